The Bertz CT molecular complexity index is 1060. The standard InChI is InChI=1S/C23H27N5O2/c29-22(28-8-3-11-30-15-23(28)6-7-23)21-20-14-26(9-10-27(20)16-24-21)13-18-12-17-4-1-2-5-19(17)25-18/h1-2,4-5,12,16,25H,3,6-11,13-15H2. The maximum atomic E-state index is 13.5. The van der Waals surface area contributed by atoms with Crippen molar-refractivity contribution in [1.29, 1.82) is 0 Å². The number of aromatic nitrogens is 3. The second-order valence-electron chi connectivity index (χ2n) is 8.91. The average Bonchev–Trinajstić information content (AvgIpc) is 3.31. The summed E-state index contributed by atoms with van der Waals surface area (Å²) in [6, 6.07) is 10.6. The number of nitrogens with zero attached hydrogens (tertiary/aromatic N) is 4. The monoisotopic (exact) mass is 405 g/mol. The van der Waals surface area contributed by atoms with Crippen molar-refractivity contribution < 1.29 is 9.53 Å². The predicted octanol–water partition coefficient (Wildman–Crippen LogP) is 2.78. The first-order valence-electron chi connectivity index (χ1n) is 10.9. The third kappa shape index (κ3) is 3.04. The average molecular weight is 406 g/mol. The number of H-pyrrole nitrogens is 1. The van der Waals surface area contributed by atoms with Gasteiger partial charge in [0.1, 0.15) is 0 Å². The Morgan fingerprint density at radius 3 is 2.97 bits per heavy atom. The summed E-state index contributed by atoms with van der Waals surface area (Å²) in [7, 11) is 0. The number of aromatic amines is 1. The Kier molecular flexibility index (Phi) is 4.21. The van der Waals surface area contributed by atoms with Gasteiger partial charge in [0.15, 0.2) is 5.69 Å². The first kappa shape index (κ1) is 18.2. The topological polar surface area (TPSA) is 66.4 Å². The van der Waals surface area contributed by atoms with Crippen molar-refractivity contribution in [3.63, 3.8) is 0 Å². The molecule has 1 saturated heterocycles. The highest BCUT2D eigenvalue weighted by Crippen LogP contribution is 2.44. The molecule has 1 saturated carbocycles. The molecule has 1 amide bonds. The highest BCUT2D eigenvalue weighted by atomic mass is 16.5. The summed E-state index contributed by atoms with van der Waals surface area (Å²) in [5, 5.41) is 1.24. The van der Waals surface area contributed by atoms with Gasteiger partial charge < -0.3 is 19.2 Å². The molecule has 2 aliphatic heterocycles. The number of rotatable bonds is 3. The lowest BCUT2D eigenvalue weighted by Crippen LogP contribution is -2.45. The van der Waals surface area contributed by atoms with E-state index in [-0.39, 0.29) is 11.4 Å². The minimum Gasteiger partial charge on any atom is -0.379 e. The first-order chi connectivity index (χ1) is 14.7. The van der Waals surface area contributed by atoms with Gasteiger partial charge in [-0.2, -0.15) is 0 Å². The van der Waals surface area contributed by atoms with Crippen LogP contribution < -0.4 is 0 Å². The molecular formula is C23H27N5O2. The van der Waals surface area contributed by atoms with E-state index in [0.717, 1.165) is 64.3 Å². The van der Waals surface area contributed by atoms with Crippen molar-refractivity contribution in [1.82, 2.24) is 24.3 Å². The second kappa shape index (κ2) is 6.96. The molecule has 1 aliphatic carbocycles. The summed E-state index contributed by atoms with van der Waals surface area (Å²) in [5.74, 6) is 0.0826. The smallest absolute Gasteiger partial charge is 0.274 e. The number of nitrogens with one attached hydrogen (secondary N) is 1. The molecule has 3 aromatic rings. The highest BCUT2D eigenvalue weighted by Gasteiger charge is 2.51. The molecule has 156 valence electrons. The molecule has 0 radical (unpaired) electrons. The summed E-state index contributed by atoms with van der Waals surface area (Å²) in [6.45, 7) is 5.58. The number of benzene rings is 1. The number of carbonyl (C=O) groups is 1. The van der Waals surface area contributed by atoms with Gasteiger partial charge in [0, 0.05) is 50.5 Å². The zero-order valence-corrected chi connectivity index (χ0v) is 17.1. The van der Waals surface area contributed by atoms with Gasteiger partial charge in [-0.3, -0.25) is 9.69 Å². The van der Waals surface area contributed by atoms with Gasteiger partial charge in [-0.05, 0) is 36.8 Å². The van der Waals surface area contributed by atoms with Crippen LogP contribution >= 0.6 is 0 Å². The van der Waals surface area contributed by atoms with E-state index in [9.17, 15) is 4.79 Å². The Balaban J connectivity index is 1.23. The van der Waals surface area contributed by atoms with Crippen LogP contribution in [0.5, 0.6) is 0 Å². The van der Waals surface area contributed by atoms with E-state index in [2.05, 4.69) is 54.7 Å². The zero-order chi connectivity index (χ0) is 20.1. The van der Waals surface area contributed by atoms with Crippen molar-refractivity contribution >= 4 is 16.8 Å². The van der Waals surface area contributed by atoms with Crippen molar-refractivity contribution in [3.05, 3.63) is 53.7 Å². The lowest BCUT2D eigenvalue weighted by atomic mass is 10.1. The van der Waals surface area contributed by atoms with Gasteiger partial charge in [-0.25, -0.2) is 4.98 Å². The summed E-state index contributed by atoms with van der Waals surface area (Å²) >= 11 is 0. The molecule has 0 bridgehead atoms. The van der Waals surface area contributed by atoms with Crippen LogP contribution in [-0.2, 0) is 24.4 Å². The largest absolute Gasteiger partial charge is 0.379 e. The normalized spacial score (nSPS) is 21.0. The molecule has 0 unspecified atom stereocenters. The van der Waals surface area contributed by atoms with E-state index >= 15 is 0 Å². The third-order valence-electron chi connectivity index (χ3n) is 6.85. The maximum absolute atomic E-state index is 13.5. The van der Waals surface area contributed by atoms with Crippen LogP contribution in [0.3, 0.4) is 0 Å². The number of amides is 1. The van der Waals surface area contributed by atoms with Crippen molar-refractivity contribution in [2.45, 2.75) is 44.4 Å². The molecule has 2 fully saturated rings. The number of carbonyl (C=O) groups excluding carboxylic acids is 1. The summed E-state index contributed by atoms with van der Waals surface area (Å²) in [4.78, 5) is 26.0. The highest BCUT2D eigenvalue weighted by molar-refractivity contribution is 5.94. The van der Waals surface area contributed by atoms with E-state index in [4.69, 9.17) is 4.74 Å². The molecule has 7 nitrogen and oxygen atoms in total. The van der Waals surface area contributed by atoms with Gasteiger partial charge >= 0.3 is 0 Å². The van der Waals surface area contributed by atoms with Crippen molar-refractivity contribution in [2.24, 2.45) is 0 Å². The Morgan fingerprint density at radius 2 is 2.10 bits per heavy atom. The minimum atomic E-state index is -0.0806. The number of imidazole rings is 1. The van der Waals surface area contributed by atoms with Crippen molar-refractivity contribution in [2.75, 3.05) is 26.3 Å². The van der Waals surface area contributed by atoms with Gasteiger partial charge in [-0.1, -0.05) is 18.2 Å². The van der Waals surface area contributed by atoms with E-state index in [1.165, 1.54) is 16.6 Å². The van der Waals surface area contributed by atoms with E-state index in [1.54, 1.807) is 0 Å². The van der Waals surface area contributed by atoms with Crippen LogP contribution in [0.4, 0.5) is 0 Å². The number of hydrogen-bond donors (Lipinski definition) is 1. The van der Waals surface area contributed by atoms with Crippen LogP contribution in [0.1, 0.15) is 41.1 Å². The Labute approximate surface area is 175 Å². The van der Waals surface area contributed by atoms with Crippen molar-refractivity contribution in [3.8, 4) is 0 Å². The Morgan fingerprint density at radius 1 is 1.20 bits per heavy atom. The molecule has 4 heterocycles. The molecule has 1 N–H and O–H groups in total. The van der Waals surface area contributed by atoms with Crippen LogP contribution in [0.2, 0.25) is 0 Å². The summed E-state index contributed by atoms with van der Waals surface area (Å²) in [5.41, 5.74) is 3.97. The lowest BCUT2D eigenvalue weighted by Gasteiger charge is -2.31. The molecular weight excluding hydrogens is 378 g/mol. The molecule has 7 heteroatoms. The van der Waals surface area contributed by atoms with Crippen LogP contribution in [-0.4, -0.2) is 62.1 Å². The SMILES string of the molecule is O=C(c1ncn2c1CN(Cc1cc3ccccc3[nH]1)CC2)N1CCCOCC12CC2. The lowest BCUT2D eigenvalue weighted by molar-refractivity contribution is 0.0543. The number of para-hydroxylation sites is 1. The fraction of sp³-hybridized carbons (Fsp3) is 0.478. The molecule has 6 rings (SSSR count). The summed E-state index contributed by atoms with van der Waals surface area (Å²) < 4.78 is 7.92. The second-order valence-corrected chi connectivity index (χ2v) is 8.91. The quantitative estimate of drug-likeness (QED) is 0.728. The molecule has 3 aliphatic rings. The predicted molar refractivity (Wildman–Crippen MR) is 113 cm³/mol. The fourth-order valence-electron chi connectivity index (χ4n) is 4.98. The molecule has 1 aromatic carbocycles. The zero-order valence-electron chi connectivity index (χ0n) is 17.1. The maximum Gasteiger partial charge on any atom is 0.274 e. The van der Waals surface area contributed by atoms with Crippen LogP contribution in [0.25, 0.3) is 10.9 Å². The molecule has 0 atom stereocenters. The number of fused-ring (bicyclic) bond motifs is 2. The van der Waals surface area contributed by atoms with Gasteiger partial charge in [0.25, 0.3) is 5.91 Å². The fourth-order valence-corrected chi connectivity index (χ4v) is 4.98. The van der Waals surface area contributed by atoms with E-state index < -0.39 is 0 Å². The number of hydrogen-bond acceptors (Lipinski definition) is 4. The van der Waals surface area contributed by atoms with E-state index in [1.807, 2.05) is 6.33 Å². The van der Waals surface area contributed by atoms with Gasteiger partial charge in [0.2, 0.25) is 0 Å². The van der Waals surface area contributed by atoms with Crippen LogP contribution in [0.15, 0.2) is 36.7 Å². The Hall–Kier alpha value is -2.64. The molecule has 2 aromatic heterocycles. The van der Waals surface area contributed by atoms with Gasteiger partial charge in [-0.15, -0.1) is 0 Å². The minimum absolute atomic E-state index is 0.0806. The first-order valence-corrected chi connectivity index (χ1v) is 10.9. The molecule has 1 spiro atoms. The van der Waals surface area contributed by atoms with Crippen LogP contribution in [0, 0.1) is 0 Å². The third-order valence-corrected chi connectivity index (χ3v) is 6.85. The molecule has 30 heavy (non-hydrogen) atoms. The number of ether oxygens (including phenoxy) is 1. The van der Waals surface area contributed by atoms with E-state index in [0.29, 0.717) is 12.3 Å². The summed E-state index contributed by atoms with van der Waals surface area (Å²) in [6.07, 6.45) is 4.83. The van der Waals surface area contributed by atoms with Gasteiger partial charge in [0.05, 0.1) is 24.2 Å².